The van der Waals surface area contributed by atoms with Crippen molar-refractivity contribution >= 4 is 10.8 Å². The lowest BCUT2D eigenvalue weighted by Crippen LogP contribution is -2.13. The van der Waals surface area contributed by atoms with Crippen LogP contribution in [0.15, 0.2) is 0 Å². The third-order valence-electron chi connectivity index (χ3n) is 2.60. The second-order valence-corrected chi connectivity index (χ2v) is 5.55. The fraction of sp³-hybridized carbons (Fsp3) is 0.900. The van der Waals surface area contributed by atoms with Gasteiger partial charge in [-0.2, -0.15) is 5.26 Å². The molecule has 0 aliphatic heterocycles. The molecule has 1 fully saturated rings. The molecule has 74 valence electrons. The lowest BCUT2D eigenvalue weighted by atomic mass is 10.1. The van der Waals surface area contributed by atoms with Gasteiger partial charge >= 0.3 is 0 Å². The topological polar surface area (TPSA) is 40.9 Å². The molecule has 0 aromatic heterocycles. The first-order chi connectivity index (χ1) is 6.22. The molecule has 0 N–H and O–H groups in total. The second-order valence-electron chi connectivity index (χ2n) is 3.98. The molecule has 1 aliphatic rings. The first-order valence-electron chi connectivity index (χ1n) is 4.94. The minimum Gasteiger partial charge on any atom is -0.260 e. The molecule has 0 heterocycles. The third kappa shape index (κ3) is 3.48. The highest BCUT2D eigenvalue weighted by Gasteiger charge is 2.43. The van der Waals surface area contributed by atoms with Gasteiger partial charge < -0.3 is 0 Å². The van der Waals surface area contributed by atoms with Crippen LogP contribution in [0.2, 0.25) is 0 Å². The van der Waals surface area contributed by atoms with E-state index >= 15 is 0 Å². The van der Waals surface area contributed by atoms with Gasteiger partial charge in [0.25, 0.3) is 0 Å². The van der Waals surface area contributed by atoms with E-state index in [1.54, 1.807) is 0 Å². The monoisotopic (exact) mass is 199 g/mol. The number of nitriles is 1. The van der Waals surface area contributed by atoms with Gasteiger partial charge in [-0.1, -0.05) is 13.3 Å². The van der Waals surface area contributed by atoms with E-state index < -0.39 is 10.8 Å². The van der Waals surface area contributed by atoms with E-state index in [0.29, 0.717) is 6.42 Å². The van der Waals surface area contributed by atoms with Crippen LogP contribution in [0.3, 0.4) is 0 Å². The summed E-state index contributed by atoms with van der Waals surface area (Å²) in [5.41, 5.74) is 0.160. The number of hydrogen-bond acceptors (Lipinski definition) is 2. The minimum atomic E-state index is -0.679. The molecule has 2 nitrogen and oxygen atoms in total. The molecular formula is C10H17NOS. The van der Waals surface area contributed by atoms with Crippen LogP contribution in [0.25, 0.3) is 0 Å². The molecule has 0 saturated heterocycles. The summed E-state index contributed by atoms with van der Waals surface area (Å²) in [7, 11) is -0.679. The zero-order valence-electron chi connectivity index (χ0n) is 8.21. The molecule has 3 heteroatoms. The van der Waals surface area contributed by atoms with Crippen molar-refractivity contribution in [2.45, 2.75) is 39.0 Å². The third-order valence-corrected chi connectivity index (χ3v) is 4.28. The molecule has 0 spiro atoms. The zero-order chi connectivity index (χ0) is 9.73. The van der Waals surface area contributed by atoms with E-state index in [4.69, 9.17) is 5.26 Å². The maximum atomic E-state index is 11.5. The molecule has 0 amide bonds. The van der Waals surface area contributed by atoms with Crippen LogP contribution in [0.4, 0.5) is 0 Å². The SMILES string of the molecule is CCCCS(=O)CC1(CC#N)CC1. The Morgan fingerprint density at radius 2 is 2.23 bits per heavy atom. The predicted octanol–water partition coefficient (Wildman–Crippen LogP) is 2.23. The van der Waals surface area contributed by atoms with Gasteiger partial charge in [0.2, 0.25) is 0 Å². The van der Waals surface area contributed by atoms with Crippen molar-refractivity contribution in [2.75, 3.05) is 11.5 Å². The average Bonchev–Trinajstić information content (AvgIpc) is 2.82. The highest BCUT2D eigenvalue weighted by molar-refractivity contribution is 7.85. The van der Waals surface area contributed by atoms with E-state index in [1.165, 1.54) is 0 Å². The van der Waals surface area contributed by atoms with Gasteiger partial charge in [0, 0.05) is 28.7 Å². The van der Waals surface area contributed by atoms with Gasteiger partial charge in [-0.05, 0) is 24.7 Å². The van der Waals surface area contributed by atoms with Crippen LogP contribution in [0, 0.1) is 16.7 Å². The van der Waals surface area contributed by atoms with Crippen LogP contribution >= 0.6 is 0 Å². The quantitative estimate of drug-likeness (QED) is 0.658. The maximum absolute atomic E-state index is 11.5. The Balaban J connectivity index is 2.24. The van der Waals surface area contributed by atoms with Gasteiger partial charge in [0.1, 0.15) is 0 Å². The molecule has 0 aromatic carbocycles. The van der Waals surface area contributed by atoms with Gasteiger partial charge in [-0.3, -0.25) is 4.21 Å². The summed E-state index contributed by atoms with van der Waals surface area (Å²) in [6.45, 7) is 2.11. The fourth-order valence-corrected chi connectivity index (χ4v) is 3.26. The molecule has 1 atom stereocenters. The maximum Gasteiger partial charge on any atom is 0.0627 e. The number of unbranched alkanes of at least 4 members (excludes halogenated alkanes) is 1. The van der Waals surface area contributed by atoms with Crippen LogP contribution < -0.4 is 0 Å². The van der Waals surface area contributed by atoms with Crippen LogP contribution in [-0.4, -0.2) is 15.7 Å². The lowest BCUT2D eigenvalue weighted by Gasteiger charge is -2.09. The van der Waals surface area contributed by atoms with Crippen molar-refractivity contribution in [1.82, 2.24) is 0 Å². The molecule has 13 heavy (non-hydrogen) atoms. The van der Waals surface area contributed by atoms with E-state index in [2.05, 4.69) is 13.0 Å². The Labute approximate surface area is 82.8 Å². The number of rotatable bonds is 6. The predicted molar refractivity (Wildman–Crippen MR) is 54.7 cm³/mol. The van der Waals surface area contributed by atoms with Crippen LogP contribution in [0.1, 0.15) is 39.0 Å². The zero-order valence-corrected chi connectivity index (χ0v) is 9.03. The van der Waals surface area contributed by atoms with Gasteiger partial charge in [-0.25, -0.2) is 0 Å². The Bertz CT molecular complexity index is 228. The first-order valence-corrected chi connectivity index (χ1v) is 6.43. The van der Waals surface area contributed by atoms with Crippen molar-refractivity contribution in [3.05, 3.63) is 0 Å². The molecule has 0 aromatic rings. The van der Waals surface area contributed by atoms with Crippen molar-refractivity contribution in [1.29, 1.82) is 5.26 Å². The van der Waals surface area contributed by atoms with Crippen LogP contribution in [-0.2, 0) is 10.8 Å². The van der Waals surface area contributed by atoms with E-state index in [0.717, 1.165) is 37.2 Å². The molecule has 1 saturated carbocycles. The van der Waals surface area contributed by atoms with E-state index in [1.807, 2.05) is 0 Å². The standard InChI is InChI=1S/C10H17NOS/c1-2-3-8-13(12)9-10(4-5-10)6-7-11/h2-6,8-9H2,1H3. The summed E-state index contributed by atoms with van der Waals surface area (Å²) < 4.78 is 11.5. The summed E-state index contributed by atoms with van der Waals surface area (Å²) in [5, 5.41) is 8.58. The summed E-state index contributed by atoms with van der Waals surface area (Å²) in [6.07, 6.45) is 4.98. The van der Waals surface area contributed by atoms with Crippen molar-refractivity contribution in [3.8, 4) is 6.07 Å². The summed E-state index contributed by atoms with van der Waals surface area (Å²) in [5.74, 6) is 1.59. The van der Waals surface area contributed by atoms with Crippen molar-refractivity contribution < 1.29 is 4.21 Å². The van der Waals surface area contributed by atoms with Crippen LogP contribution in [0.5, 0.6) is 0 Å². The largest absolute Gasteiger partial charge is 0.260 e. The van der Waals surface area contributed by atoms with E-state index in [-0.39, 0.29) is 5.41 Å². The lowest BCUT2D eigenvalue weighted by molar-refractivity contribution is 0.586. The Hall–Kier alpha value is -0.360. The average molecular weight is 199 g/mol. The Morgan fingerprint density at radius 3 is 2.69 bits per heavy atom. The first kappa shape index (κ1) is 10.7. The van der Waals surface area contributed by atoms with Gasteiger partial charge in [0.05, 0.1) is 6.07 Å². The smallest absolute Gasteiger partial charge is 0.0627 e. The van der Waals surface area contributed by atoms with E-state index in [9.17, 15) is 4.21 Å². The highest BCUT2D eigenvalue weighted by atomic mass is 32.2. The van der Waals surface area contributed by atoms with Gasteiger partial charge in [-0.15, -0.1) is 0 Å². The summed E-state index contributed by atoms with van der Waals surface area (Å²) in [6, 6.07) is 2.20. The molecule has 0 radical (unpaired) electrons. The Kier molecular flexibility index (Phi) is 3.92. The molecule has 1 rings (SSSR count). The molecule has 0 bridgehead atoms. The molecule has 1 unspecified atom stereocenters. The summed E-state index contributed by atoms with van der Waals surface area (Å²) in [4.78, 5) is 0. The molecular weight excluding hydrogens is 182 g/mol. The normalized spacial score (nSPS) is 20.6. The van der Waals surface area contributed by atoms with Crippen molar-refractivity contribution in [3.63, 3.8) is 0 Å². The van der Waals surface area contributed by atoms with Gasteiger partial charge in [0.15, 0.2) is 0 Å². The second kappa shape index (κ2) is 4.76. The molecule has 1 aliphatic carbocycles. The Morgan fingerprint density at radius 1 is 1.54 bits per heavy atom. The highest BCUT2D eigenvalue weighted by Crippen LogP contribution is 2.49. The number of hydrogen-bond donors (Lipinski definition) is 0. The summed E-state index contributed by atoms with van der Waals surface area (Å²) >= 11 is 0. The minimum absolute atomic E-state index is 0.160. The fourth-order valence-electron chi connectivity index (χ4n) is 1.44. The number of nitrogens with zero attached hydrogens (tertiary/aromatic N) is 1. The van der Waals surface area contributed by atoms with Crippen molar-refractivity contribution in [2.24, 2.45) is 5.41 Å².